The van der Waals surface area contributed by atoms with Crippen LogP contribution in [0.15, 0.2) is 78.9 Å². The number of carbonyl (C=O) groups excluding carboxylic acids is 2. The van der Waals surface area contributed by atoms with Gasteiger partial charge in [0.2, 0.25) is 0 Å². The molecule has 0 aliphatic heterocycles. The molecule has 3 rings (SSSR count). The number of ether oxygens (including phenoxy) is 2. The maximum atomic E-state index is 13.4. The van der Waals surface area contributed by atoms with Crippen molar-refractivity contribution in [1.82, 2.24) is 5.32 Å². The maximum absolute atomic E-state index is 13.4. The Hall–Kier alpha value is -3.67. The molecule has 0 saturated carbocycles. The summed E-state index contributed by atoms with van der Waals surface area (Å²) in [7, 11) is 1.25. The van der Waals surface area contributed by atoms with E-state index in [0.717, 1.165) is 17.2 Å². The molecule has 0 saturated heterocycles. The monoisotopic (exact) mass is 407 g/mol. The summed E-state index contributed by atoms with van der Waals surface area (Å²) in [6.07, 6.45) is 0.229. The van der Waals surface area contributed by atoms with E-state index in [1.165, 1.54) is 25.3 Å². The quantitative estimate of drug-likeness (QED) is 0.575. The molecule has 0 unspecified atom stereocenters. The third-order valence-electron chi connectivity index (χ3n) is 4.49. The number of nitrogens with one attached hydrogen (secondary N) is 1. The number of benzene rings is 3. The van der Waals surface area contributed by atoms with Gasteiger partial charge < -0.3 is 14.8 Å². The zero-order chi connectivity index (χ0) is 21.3. The first-order valence-corrected chi connectivity index (χ1v) is 9.45. The number of esters is 1. The van der Waals surface area contributed by atoms with Gasteiger partial charge in [0.05, 0.1) is 7.11 Å². The van der Waals surface area contributed by atoms with Crippen molar-refractivity contribution >= 4 is 11.9 Å². The number of hydrogen-bond donors (Lipinski definition) is 1. The first-order chi connectivity index (χ1) is 14.5. The second-order valence-electron chi connectivity index (χ2n) is 6.68. The van der Waals surface area contributed by atoms with Crippen LogP contribution in [-0.4, -0.2) is 25.0 Å². The largest absolute Gasteiger partial charge is 0.489 e. The maximum Gasteiger partial charge on any atom is 0.328 e. The van der Waals surface area contributed by atoms with Crippen molar-refractivity contribution in [3.63, 3.8) is 0 Å². The van der Waals surface area contributed by atoms with Gasteiger partial charge in [0.25, 0.3) is 5.91 Å². The van der Waals surface area contributed by atoms with Gasteiger partial charge in [0.15, 0.2) is 0 Å². The van der Waals surface area contributed by atoms with Crippen LogP contribution in [0.3, 0.4) is 0 Å². The van der Waals surface area contributed by atoms with Gasteiger partial charge in [-0.1, -0.05) is 48.5 Å². The van der Waals surface area contributed by atoms with Gasteiger partial charge >= 0.3 is 5.97 Å². The Morgan fingerprint density at radius 3 is 2.33 bits per heavy atom. The average molecular weight is 407 g/mol. The molecular weight excluding hydrogens is 385 g/mol. The van der Waals surface area contributed by atoms with Crippen molar-refractivity contribution in [2.45, 2.75) is 19.1 Å². The number of carbonyl (C=O) groups is 2. The molecule has 154 valence electrons. The van der Waals surface area contributed by atoms with Crippen molar-refractivity contribution in [2.24, 2.45) is 0 Å². The Morgan fingerprint density at radius 2 is 1.67 bits per heavy atom. The summed E-state index contributed by atoms with van der Waals surface area (Å²) < 4.78 is 23.9. The van der Waals surface area contributed by atoms with Crippen LogP contribution in [0.5, 0.6) is 5.75 Å². The molecule has 0 spiro atoms. The number of amides is 1. The van der Waals surface area contributed by atoms with Crippen molar-refractivity contribution < 1.29 is 23.5 Å². The number of hydrogen-bond acceptors (Lipinski definition) is 4. The van der Waals surface area contributed by atoms with Gasteiger partial charge in [-0.25, -0.2) is 9.18 Å². The molecule has 3 aromatic carbocycles. The fourth-order valence-electron chi connectivity index (χ4n) is 2.91. The lowest BCUT2D eigenvalue weighted by Crippen LogP contribution is -2.43. The standard InChI is InChI=1S/C24H22FNO4/c1-29-24(28)22(26-23(27)19-8-5-9-20(25)15-19)14-17-10-12-21(13-11-17)30-16-18-6-3-2-4-7-18/h2-13,15,22H,14,16H2,1H3,(H,26,27)/t22-/m0/s1. The third-order valence-corrected chi connectivity index (χ3v) is 4.49. The molecule has 0 bridgehead atoms. The molecule has 30 heavy (non-hydrogen) atoms. The number of methoxy groups -OCH3 is 1. The molecule has 3 aromatic rings. The topological polar surface area (TPSA) is 64.6 Å². The summed E-state index contributed by atoms with van der Waals surface area (Å²) >= 11 is 0. The average Bonchev–Trinajstić information content (AvgIpc) is 2.78. The minimum atomic E-state index is -0.901. The minimum Gasteiger partial charge on any atom is -0.489 e. The summed E-state index contributed by atoms with van der Waals surface area (Å²) in [5, 5.41) is 2.61. The van der Waals surface area contributed by atoms with Crippen LogP contribution in [0.2, 0.25) is 0 Å². The normalized spacial score (nSPS) is 11.4. The van der Waals surface area contributed by atoms with Crippen molar-refractivity contribution in [3.8, 4) is 5.75 Å². The first-order valence-electron chi connectivity index (χ1n) is 9.45. The van der Waals surface area contributed by atoms with Crippen LogP contribution >= 0.6 is 0 Å². The van der Waals surface area contributed by atoms with Gasteiger partial charge in [-0.05, 0) is 41.5 Å². The highest BCUT2D eigenvalue weighted by atomic mass is 19.1. The van der Waals surface area contributed by atoms with Gasteiger partial charge in [-0.3, -0.25) is 4.79 Å². The Kier molecular flexibility index (Phi) is 7.16. The van der Waals surface area contributed by atoms with Gasteiger partial charge in [-0.2, -0.15) is 0 Å². The highest BCUT2D eigenvalue weighted by Gasteiger charge is 2.23. The zero-order valence-electron chi connectivity index (χ0n) is 16.5. The second kappa shape index (κ2) is 10.2. The van der Waals surface area contributed by atoms with E-state index in [9.17, 15) is 14.0 Å². The second-order valence-corrected chi connectivity index (χ2v) is 6.68. The van der Waals surface area contributed by atoms with E-state index in [2.05, 4.69) is 5.32 Å². The molecule has 1 atom stereocenters. The highest BCUT2D eigenvalue weighted by molar-refractivity contribution is 5.96. The molecule has 0 aromatic heterocycles. The van der Waals surface area contributed by atoms with Crippen LogP contribution in [0, 0.1) is 5.82 Å². The summed E-state index contributed by atoms with van der Waals surface area (Å²) in [5.41, 5.74) is 2.01. The zero-order valence-corrected chi connectivity index (χ0v) is 16.5. The van der Waals surface area contributed by atoms with E-state index in [4.69, 9.17) is 9.47 Å². The lowest BCUT2D eigenvalue weighted by Gasteiger charge is -2.17. The Balaban J connectivity index is 1.63. The molecule has 0 heterocycles. The van der Waals surface area contributed by atoms with Crippen LogP contribution in [0.25, 0.3) is 0 Å². The fraction of sp³-hybridized carbons (Fsp3) is 0.167. The van der Waals surface area contributed by atoms with E-state index in [1.54, 1.807) is 12.1 Å². The molecular formula is C24H22FNO4. The first kappa shape index (κ1) is 21.0. The molecule has 1 amide bonds. The van der Waals surface area contributed by atoms with Crippen LogP contribution in [0.4, 0.5) is 4.39 Å². The van der Waals surface area contributed by atoms with Crippen LogP contribution < -0.4 is 10.1 Å². The highest BCUT2D eigenvalue weighted by Crippen LogP contribution is 2.16. The third kappa shape index (κ3) is 5.91. The summed E-state index contributed by atoms with van der Waals surface area (Å²) in [6.45, 7) is 0.453. The molecule has 0 aliphatic carbocycles. The predicted molar refractivity (Wildman–Crippen MR) is 111 cm³/mol. The van der Waals surface area contributed by atoms with Gasteiger partial charge in [-0.15, -0.1) is 0 Å². The predicted octanol–water partition coefficient (Wildman–Crippen LogP) is 3.92. The molecule has 0 fully saturated rings. The summed E-state index contributed by atoms with van der Waals surface area (Å²) in [4.78, 5) is 24.5. The molecule has 5 nitrogen and oxygen atoms in total. The number of rotatable bonds is 8. The van der Waals surface area contributed by atoms with E-state index in [0.29, 0.717) is 12.4 Å². The molecule has 0 radical (unpaired) electrons. The Morgan fingerprint density at radius 1 is 0.933 bits per heavy atom. The molecule has 6 heteroatoms. The summed E-state index contributed by atoms with van der Waals surface area (Å²) in [6, 6.07) is 21.4. The minimum absolute atomic E-state index is 0.133. The van der Waals surface area contributed by atoms with Crippen molar-refractivity contribution in [2.75, 3.05) is 7.11 Å². The van der Waals surface area contributed by atoms with E-state index < -0.39 is 23.7 Å². The SMILES string of the molecule is COC(=O)[C@H](Cc1ccc(OCc2ccccc2)cc1)NC(=O)c1cccc(F)c1. The molecule has 0 aliphatic rings. The number of halogens is 1. The molecule has 1 N–H and O–H groups in total. The lowest BCUT2D eigenvalue weighted by atomic mass is 10.0. The van der Waals surface area contributed by atoms with Gasteiger partial charge in [0.1, 0.15) is 24.2 Å². The van der Waals surface area contributed by atoms with Crippen LogP contribution in [-0.2, 0) is 22.6 Å². The van der Waals surface area contributed by atoms with Crippen LogP contribution in [0.1, 0.15) is 21.5 Å². The lowest BCUT2D eigenvalue weighted by molar-refractivity contribution is -0.142. The Bertz CT molecular complexity index is 990. The van der Waals surface area contributed by atoms with E-state index >= 15 is 0 Å². The fourth-order valence-corrected chi connectivity index (χ4v) is 2.91. The van der Waals surface area contributed by atoms with Crippen molar-refractivity contribution in [1.29, 1.82) is 0 Å². The van der Waals surface area contributed by atoms with Crippen molar-refractivity contribution in [3.05, 3.63) is 101 Å². The smallest absolute Gasteiger partial charge is 0.328 e. The van der Waals surface area contributed by atoms with E-state index in [1.807, 2.05) is 42.5 Å². The summed E-state index contributed by atoms with van der Waals surface area (Å²) in [5.74, 6) is -0.957. The Labute approximate surface area is 174 Å². The van der Waals surface area contributed by atoms with E-state index in [-0.39, 0.29) is 12.0 Å². The van der Waals surface area contributed by atoms with Gasteiger partial charge in [0, 0.05) is 12.0 Å².